The van der Waals surface area contributed by atoms with Gasteiger partial charge in [-0.1, -0.05) is 25.7 Å². The number of nitrogens with zero attached hydrogens (tertiary/aromatic N) is 1. The zero-order chi connectivity index (χ0) is 11.2. The van der Waals surface area contributed by atoms with Crippen molar-refractivity contribution in [2.24, 2.45) is 5.92 Å². The molecule has 2 heteroatoms. The molecular formula is C14H28N2. The number of likely N-dealkylation sites (N-methyl/N-ethyl adjacent to an activating group) is 1. The molecule has 1 atom stereocenters. The molecule has 1 saturated heterocycles. The van der Waals surface area contributed by atoms with Crippen molar-refractivity contribution >= 4 is 0 Å². The molecule has 1 aliphatic heterocycles. The summed E-state index contributed by atoms with van der Waals surface area (Å²) in [6, 6.07) is 0.742. The van der Waals surface area contributed by atoms with Crippen LogP contribution in [0.3, 0.4) is 0 Å². The zero-order valence-corrected chi connectivity index (χ0v) is 10.9. The fraction of sp³-hybridized carbons (Fsp3) is 1.00. The Labute approximate surface area is 101 Å². The lowest BCUT2D eigenvalue weighted by molar-refractivity contribution is 0.195. The molecule has 0 radical (unpaired) electrons. The zero-order valence-electron chi connectivity index (χ0n) is 10.9. The number of nitrogens with one attached hydrogen (secondary N) is 1. The van der Waals surface area contributed by atoms with Gasteiger partial charge in [0.05, 0.1) is 0 Å². The van der Waals surface area contributed by atoms with Gasteiger partial charge in [-0.2, -0.15) is 0 Å². The number of hydrogen-bond donors (Lipinski definition) is 1. The van der Waals surface area contributed by atoms with Crippen LogP contribution in [0.1, 0.15) is 51.4 Å². The first-order valence-electron chi connectivity index (χ1n) is 7.28. The highest BCUT2D eigenvalue weighted by Gasteiger charge is 2.21. The van der Waals surface area contributed by atoms with E-state index in [1.807, 2.05) is 0 Å². The Balaban J connectivity index is 1.77. The summed E-state index contributed by atoms with van der Waals surface area (Å²) < 4.78 is 0. The summed E-state index contributed by atoms with van der Waals surface area (Å²) in [6.07, 6.45) is 11.6. The Kier molecular flexibility index (Phi) is 5.11. The van der Waals surface area contributed by atoms with Gasteiger partial charge in [0.25, 0.3) is 0 Å². The summed E-state index contributed by atoms with van der Waals surface area (Å²) in [6.45, 7) is 4.00. The second-order valence-corrected chi connectivity index (χ2v) is 5.74. The molecule has 2 rings (SSSR count). The molecule has 0 aromatic carbocycles. The summed E-state index contributed by atoms with van der Waals surface area (Å²) >= 11 is 0. The van der Waals surface area contributed by atoms with E-state index in [1.165, 1.54) is 71.0 Å². The van der Waals surface area contributed by atoms with Crippen molar-refractivity contribution < 1.29 is 0 Å². The lowest BCUT2D eigenvalue weighted by Gasteiger charge is -2.30. The monoisotopic (exact) mass is 224 g/mol. The Morgan fingerprint density at radius 2 is 1.75 bits per heavy atom. The molecule has 0 aromatic rings. The minimum Gasteiger partial charge on any atom is -0.316 e. The smallest absolute Gasteiger partial charge is 0.0192 e. The van der Waals surface area contributed by atoms with Crippen LogP contribution in [0, 0.1) is 5.92 Å². The molecule has 1 unspecified atom stereocenters. The van der Waals surface area contributed by atoms with E-state index in [1.54, 1.807) is 0 Å². The number of rotatable bonds is 3. The Hall–Kier alpha value is -0.0800. The lowest BCUT2D eigenvalue weighted by atomic mass is 9.89. The third-order valence-corrected chi connectivity index (χ3v) is 4.40. The van der Waals surface area contributed by atoms with Crippen molar-refractivity contribution in [3.63, 3.8) is 0 Å². The molecule has 0 spiro atoms. The van der Waals surface area contributed by atoms with E-state index in [0.29, 0.717) is 0 Å². The fourth-order valence-electron chi connectivity index (χ4n) is 3.36. The first-order chi connectivity index (χ1) is 7.88. The Morgan fingerprint density at radius 3 is 2.50 bits per heavy atom. The van der Waals surface area contributed by atoms with Gasteiger partial charge in [0.2, 0.25) is 0 Å². The van der Waals surface area contributed by atoms with E-state index < -0.39 is 0 Å². The van der Waals surface area contributed by atoms with E-state index in [4.69, 9.17) is 0 Å². The van der Waals surface area contributed by atoms with Gasteiger partial charge in [-0.3, -0.25) is 0 Å². The summed E-state index contributed by atoms with van der Waals surface area (Å²) in [5, 5.41) is 3.47. The van der Waals surface area contributed by atoms with E-state index in [0.717, 1.165) is 12.0 Å². The molecule has 0 aromatic heterocycles. The predicted molar refractivity (Wildman–Crippen MR) is 69.7 cm³/mol. The molecule has 1 aliphatic carbocycles. The third-order valence-electron chi connectivity index (χ3n) is 4.40. The fourth-order valence-corrected chi connectivity index (χ4v) is 3.36. The van der Waals surface area contributed by atoms with Crippen molar-refractivity contribution in [2.45, 2.75) is 57.4 Å². The van der Waals surface area contributed by atoms with Gasteiger partial charge in [-0.15, -0.1) is 0 Å². The summed E-state index contributed by atoms with van der Waals surface area (Å²) in [4.78, 5) is 2.73. The molecular weight excluding hydrogens is 196 g/mol. The lowest BCUT2D eigenvalue weighted by Crippen LogP contribution is -2.40. The van der Waals surface area contributed by atoms with Crippen LogP contribution >= 0.6 is 0 Å². The Bertz CT molecular complexity index is 187. The van der Waals surface area contributed by atoms with Gasteiger partial charge in [0.15, 0.2) is 0 Å². The van der Waals surface area contributed by atoms with Gasteiger partial charge in [0, 0.05) is 19.1 Å². The minimum absolute atomic E-state index is 0.742. The molecule has 0 bridgehead atoms. The van der Waals surface area contributed by atoms with Crippen LogP contribution in [0.25, 0.3) is 0 Å². The first kappa shape index (κ1) is 12.4. The van der Waals surface area contributed by atoms with E-state index >= 15 is 0 Å². The number of likely N-dealkylation sites (tertiary alicyclic amines) is 1. The predicted octanol–water partition coefficient (Wildman–Crippen LogP) is 2.64. The van der Waals surface area contributed by atoms with Crippen LogP contribution in [-0.4, -0.2) is 37.6 Å². The standard InChI is InChI=1S/C14H28N2/c1-15-14-9-5-6-10-16(12-14)11-13-7-3-2-4-8-13/h13-15H,2-12H2,1H3. The SMILES string of the molecule is CNC1CCCCN(CC2CCCCC2)C1. The maximum atomic E-state index is 3.47. The van der Waals surface area contributed by atoms with Gasteiger partial charge < -0.3 is 10.2 Å². The molecule has 1 N–H and O–H groups in total. The van der Waals surface area contributed by atoms with Crippen LogP contribution in [0.5, 0.6) is 0 Å². The maximum Gasteiger partial charge on any atom is 0.0192 e. The molecule has 16 heavy (non-hydrogen) atoms. The van der Waals surface area contributed by atoms with Crippen LogP contribution in [0.4, 0.5) is 0 Å². The van der Waals surface area contributed by atoms with Gasteiger partial charge in [-0.05, 0) is 45.2 Å². The number of hydrogen-bond acceptors (Lipinski definition) is 2. The molecule has 2 aliphatic rings. The second kappa shape index (κ2) is 6.61. The second-order valence-electron chi connectivity index (χ2n) is 5.74. The van der Waals surface area contributed by atoms with Crippen LogP contribution in [-0.2, 0) is 0 Å². The van der Waals surface area contributed by atoms with E-state index in [9.17, 15) is 0 Å². The van der Waals surface area contributed by atoms with Gasteiger partial charge >= 0.3 is 0 Å². The normalized spacial score (nSPS) is 30.2. The topological polar surface area (TPSA) is 15.3 Å². The molecule has 1 saturated carbocycles. The Morgan fingerprint density at radius 1 is 1.00 bits per heavy atom. The highest BCUT2D eigenvalue weighted by molar-refractivity contribution is 4.78. The van der Waals surface area contributed by atoms with Crippen molar-refractivity contribution in [1.29, 1.82) is 0 Å². The molecule has 0 amide bonds. The molecule has 94 valence electrons. The molecule has 2 nitrogen and oxygen atoms in total. The van der Waals surface area contributed by atoms with Crippen molar-refractivity contribution in [1.82, 2.24) is 10.2 Å². The maximum absolute atomic E-state index is 3.47. The summed E-state index contributed by atoms with van der Waals surface area (Å²) in [7, 11) is 2.12. The summed E-state index contributed by atoms with van der Waals surface area (Å²) in [5.74, 6) is 1.00. The third kappa shape index (κ3) is 3.74. The van der Waals surface area contributed by atoms with Gasteiger partial charge in [-0.25, -0.2) is 0 Å². The van der Waals surface area contributed by atoms with Crippen molar-refractivity contribution in [2.75, 3.05) is 26.7 Å². The van der Waals surface area contributed by atoms with Crippen LogP contribution in [0.2, 0.25) is 0 Å². The quantitative estimate of drug-likeness (QED) is 0.793. The largest absolute Gasteiger partial charge is 0.316 e. The highest BCUT2D eigenvalue weighted by Crippen LogP contribution is 2.25. The summed E-state index contributed by atoms with van der Waals surface area (Å²) in [5.41, 5.74) is 0. The average molecular weight is 224 g/mol. The first-order valence-corrected chi connectivity index (χ1v) is 7.28. The molecule has 1 heterocycles. The van der Waals surface area contributed by atoms with Crippen molar-refractivity contribution in [3.8, 4) is 0 Å². The van der Waals surface area contributed by atoms with Gasteiger partial charge in [0.1, 0.15) is 0 Å². The highest BCUT2D eigenvalue weighted by atomic mass is 15.1. The average Bonchev–Trinajstić information content (AvgIpc) is 2.55. The van der Waals surface area contributed by atoms with Crippen molar-refractivity contribution in [3.05, 3.63) is 0 Å². The van der Waals surface area contributed by atoms with Crippen LogP contribution in [0.15, 0.2) is 0 Å². The van der Waals surface area contributed by atoms with E-state index in [-0.39, 0.29) is 0 Å². The van der Waals surface area contributed by atoms with Crippen LogP contribution < -0.4 is 5.32 Å². The minimum atomic E-state index is 0.742. The molecule has 2 fully saturated rings. The van der Waals surface area contributed by atoms with E-state index in [2.05, 4.69) is 17.3 Å².